The van der Waals surface area contributed by atoms with E-state index in [0.29, 0.717) is 6.42 Å². The number of para-hydroxylation sites is 1. The van der Waals surface area contributed by atoms with E-state index in [1.54, 1.807) is 0 Å². The van der Waals surface area contributed by atoms with Gasteiger partial charge in [-0.1, -0.05) is 18.2 Å². The van der Waals surface area contributed by atoms with Gasteiger partial charge in [0.05, 0.1) is 6.04 Å². The van der Waals surface area contributed by atoms with Crippen molar-refractivity contribution in [2.45, 2.75) is 38.8 Å². The summed E-state index contributed by atoms with van der Waals surface area (Å²) in [6.45, 7) is 4.97. The second kappa shape index (κ2) is 5.29. The minimum absolute atomic E-state index is 0.139. The van der Waals surface area contributed by atoms with E-state index in [4.69, 9.17) is 4.42 Å². The predicted molar refractivity (Wildman–Crippen MR) is 78.5 cm³/mol. The molecule has 1 amide bonds. The highest BCUT2D eigenvalue weighted by Gasteiger charge is 2.22. The lowest BCUT2D eigenvalue weighted by molar-refractivity contribution is -0.119. The summed E-state index contributed by atoms with van der Waals surface area (Å²) in [6, 6.07) is 8.48. The maximum absolute atomic E-state index is 11.2. The standard InChI is InChI=1S/C16H20N2O2/c1-10-13-5-3-4-6-14(13)20-16(10)11(2)17-9-12-7-8-15(19)18-12/h3-6,11-12,17H,7-9H2,1-2H3,(H,18,19). The van der Waals surface area contributed by atoms with Crippen molar-refractivity contribution in [3.8, 4) is 0 Å². The summed E-state index contributed by atoms with van der Waals surface area (Å²) in [6.07, 6.45) is 1.56. The molecular weight excluding hydrogens is 252 g/mol. The molecule has 0 bridgehead atoms. The van der Waals surface area contributed by atoms with Crippen LogP contribution in [0.15, 0.2) is 28.7 Å². The van der Waals surface area contributed by atoms with Crippen LogP contribution in [0.1, 0.15) is 37.1 Å². The molecule has 106 valence electrons. The smallest absolute Gasteiger partial charge is 0.220 e. The molecule has 0 radical (unpaired) electrons. The van der Waals surface area contributed by atoms with Crippen molar-refractivity contribution in [1.29, 1.82) is 0 Å². The van der Waals surface area contributed by atoms with E-state index in [-0.39, 0.29) is 18.0 Å². The summed E-state index contributed by atoms with van der Waals surface area (Å²) in [5, 5.41) is 7.60. The maximum atomic E-state index is 11.2. The Labute approximate surface area is 118 Å². The van der Waals surface area contributed by atoms with Gasteiger partial charge in [-0.2, -0.15) is 0 Å². The highest BCUT2D eigenvalue weighted by atomic mass is 16.3. The molecule has 1 aliphatic rings. The number of hydrogen-bond acceptors (Lipinski definition) is 3. The van der Waals surface area contributed by atoms with Gasteiger partial charge in [0.15, 0.2) is 0 Å². The molecule has 4 heteroatoms. The average molecular weight is 272 g/mol. The maximum Gasteiger partial charge on any atom is 0.220 e. The first-order valence-corrected chi connectivity index (χ1v) is 7.16. The molecular formula is C16H20N2O2. The summed E-state index contributed by atoms with van der Waals surface area (Å²) in [7, 11) is 0. The van der Waals surface area contributed by atoms with Crippen LogP contribution < -0.4 is 10.6 Å². The Kier molecular flexibility index (Phi) is 3.49. The number of carbonyl (C=O) groups is 1. The van der Waals surface area contributed by atoms with Crippen LogP contribution in [0, 0.1) is 6.92 Å². The van der Waals surface area contributed by atoms with Crippen molar-refractivity contribution in [1.82, 2.24) is 10.6 Å². The Bertz CT molecular complexity index is 632. The zero-order valence-corrected chi connectivity index (χ0v) is 11.9. The number of carbonyl (C=O) groups excluding carboxylic acids is 1. The third-order valence-electron chi connectivity index (χ3n) is 4.03. The van der Waals surface area contributed by atoms with Crippen LogP contribution in [-0.2, 0) is 4.79 Å². The van der Waals surface area contributed by atoms with Gasteiger partial charge in [-0.25, -0.2) is 0 Å². The van der Waals surface area contributed by atoms with Crippen LogP contribution in [0.4, 0.5) is 0 Å². The Morgan fingerprint density at radius 1 is 1.45 bits per heavy atom. The first-order chi connectivity index (χ1) is 9.65. The Hall–Kier alpha value is -1.81. The van der Waals surface area contributed by atoms with E-state index < -0.39 is 0 Å². The molecule has 1 aromatic carbocycles. The lowest BCUT2D eigenvalue weighted by Crippen LogP contribution is -2.36. The number of amides is 1. The molecule has 1 aliphatic heterocycles. The molecule has 0 saturated carbocycles. The number of furan rings is 1. The van der Waals surface area contributed by atoms with E-state index in [1.807, 2.05) is 18.2 Å². The lowest BCUT2D eigenvalue weighted by atomic mass is 10.1. The molecule has 2 N–H and O–H groups in total. The summed E-state index contributed by atoms with van der Waals surface area (Å²) >= 11 is 0. The van der Waals surface area contributed by atoms with Crippen LogP contribution >= 0.6 is 0 Å². The zero-order valence-electron chi connectivity index (χ0n) is 11.9. The van der Waals surface area contributed by atoms with Crippen molar-refractivity contribution in [2.24, 2.45) is 0 Å². The summed E-state index contributed by atoms with van der Waals surface area (Å²) < 4.78 is 5.95. The van der Waals surface area contributed by atoms with E-state index in [9.17, 15) is 4.79 Å². The largest absolute Gasteiger partial charge is 0.459 e. The number of hydrogen-bond donors (Lipinski definition) is 2. The van der Waals surface area contributed by atoms with E-state index >= 15 is 0 Å². The molecule has 1 aromatic heterocycles. The fourth-order valence-electron chi connectivity index (χ4n) is 2.85. The Balaban J connectivity index is 1.70. The van der Waals surface area contributed by atoms with Crippen molar-refractivity contribution in [3.05, 3.63) is 35.6 Å². The fraction of sp³-hybridized carbons (Fsp3) is 0.438. The van der Waals surface area contributed by atoms with Gasteiger partial charge < -0.3 is 15.1 Å². The van der Waals surface area contributed by atoms with Gasteiger partial charge in [0, 0.05) is 24.4 Å². The second-order valence-electron chi connectivity index (χ2n) is 5.52. The molecule has 2 aromatic rings. The molecule has 2 unspecified atom stereocenters. The quantitative estimate of drug-likeness (QED) is 0.899. The van der Waals surface area contributed by atoms with Crippen molar-refractivity contribution >= 4 is 16.9 Å². The van der Waals surface area contributed by atoms with E-state index in [1.165, 1.54) is 10.9 Å². The Morgan fingerprint density at radius 3 is 2.95 bits per heavy atom. The number of rotatable bonds is 4. The SMILES string of the molecule is Cc1c(C(C)NCC2CCC(=O)N2)oc2ccccc12. The zero-order chi connectivity index (χ0) is 14.1. The molecule has 1 saturated heterocycles. The van der Waals surface area contributed by atoms with Gasteiger partial charge in [0.2, 0.25) is 5.91 Å². The first-order valence-electron chi connectivity index (χ1n) is 7.16. The van der Waals surface area contributed by atoms with Crippen LogP contribution in [-0.4, -0.2) is 18.5 Å². The van der Waals surface area contributed by atoms with Crippen molar-refractivity contribution in [2.75, 3.05) is 6.54 Å². The summed E-state index contributed by atoms with van der Waals surface area (Å²) in [5.74, 6) is 1.14. The first kappa shape index (κ1) is 13.2. The fourth-order valence-corrected chi connectivity index (χ4v) is 2.85. The summed E-state index contributed by atoms with van der Waals surface area (Å²) in [5.41, 5.74) is 2.12. The van der Waals surface area contributed by atoms with Gasteiger partial charge in [-0.3, -0.25) is 4.79 Å². The average Bonchev–Trinajstić information content (AvgIpc) is 3.01. The number of aryl methyl sites for hydroxylation is 1. The van der Waals surface area contributed by atoms with Crippen LogP contribution in [0.25, 0.3) is 11.0 Å². The molecule has 2 heterocycles. The molecule has 0 aliphatic carbocycles. The monoisotopic (exact) mass is 272 g/mol. The van der Waals surface area contributed by atoms with Crippen LogP contribution in [0.5, 0.6) is 0 Å². The van der Waals surface area contributed by atoms with Gasteiger partial charge in [-0.05, 0) is 31.9 Å². The minimum Gasteiger partial charge on any atom is -0.459 e. The molecule has 0 spiro atoms. The van der Waals surface area contributed by atoms with Gasteiger partial charge in [0.1, 0.15) is 11.3 Å². The summed E-state index contributed by atoms with van der Waals surface area (Å²) in [4.78, 5) is 11.2. The second-order valence-corrected chi connectivity index (χ2v) is 5.52. The van der Waals surface area contributed by atoms with Gasteiger partial charge in [-0.15, -0.1) is 0 Å². The van der Waals surface area contributed by atoms with Crippen molar-refractivity contribution in [3.63, 3.8) is 0 Å². The highest BCUT2D eigenvalue weighted by molar-refractivity contribution is 5.82. The highest BCUT2D eigenvalue weighted by Crippen LogP contribution is 2.29. The van der Waals surface area contributed by atoms with Crippen LogP contribution in [0.3, 0.4) is 0 Å². The topological polar surface area (TPSA) is 54.3 Å². The molecule has 20 heavy (non-hydrogen) atoms. The molecule has 1 fully saturated rings. The molecule has 4 nitrogen and oxygen atoms in total. The predicted octanol–water partition coefficient (Wildman–Crippen LogP) is 2.67. The van der Waals surface area contributed by atoms with E-state index in [0.717, 1.165) is 24.3 Å². The molecule has 2 atom stereocenters. The van der Waals surface area contributed by atoms with Gasteiger partial charge in [0.25, 0.3) is 0 Å². The van der Waals surface area contributed by atoms with Crippen molar-refractivity contribution < 1.29 is 9.21 Å². The third kappa shape index (κ3) is 2.43. The van der Waals surface area contributed by atoms with Gasteiger partial charge >= 0.3 is 0 Å². The third-order valence-corrected chi connectivity index (χ3v) is 4.03. The van der Waals surface area contributed by atoms with Crippen LogP contribution in [0.2, 0.25) is 0 Å². The molecule has 3 rings (SSSR count). The Morgan fingerprint density at radius 2 is 2.25 bits per heavy atom. The van der Waals surface area contributed by atoms with E-state index in [2.05, 4.69) is 30.5 Å². The minimum atomic E-state index is 0.139. The number of benzene rings is 1. The normalized spacial score (nSPS) is 20.3. The lowest BCUT2D eigenvalue weighted by Gasteiger charge is -2.16. The number of fused-ring (bicyclic) bond motifs is 1. The number of nitrogens with one attached hydrogen (secondary N) is 2.